The quantitative estimate of drug-likeness (QED) is 0.887. The van der Waals surface area contributed by atoms with Crippen LogP contribution in [0.1, 0.15) is 41.6 Å². The van der Waals surface area contributed by atoms with Gasteiger partial charge in [-0.25, -0.2) is 4.98 Å². The second kappa shape index (κ2) is 5.56. The van der Waals surface area contributed by atoms with Crippen LogP contribution in [0.5, 0.6) is 0 Å². The smallest absolute Gasteiger partial charge is 0.256 e. The molecule has 1 spiro atoms. The normalized spacial score (nSPS) is 30.6. The van der Waals surface area contributed by atoms with Crippen molar-refractivity contribution in [3.05, 3.63) is 59.8 Å². The third kappa shape index (κ3) is 2.50. The molecule has 2 N–H and O–H groups in total. The second-order valence-electron chi connectivity index (χ2n) is 7.51. The van der Waals surface area contributed by atoms with E-state index < -0.39 is 0 Å². The third-order valence-corrected chi connectivity index (χ3v) is 5.91. The van der Waals surface area contributed by atoms with Crippen LogP contribution < -0.4 is 10.6 Å². The van der Waals surface area contributed by atoms with Crippen molar-refractivity contribution in [3.63, 3.8) is 0 Å². The van der Waals surface area contributed by atoms with E-state index in [2.05, 4.69) is 50.8 Å². The Labute approximate surface area is 147 Å². The Hall–Kier alpha value is -2.40. The lowest BCUT2D eigenvalue weighted by molar-refractivity contribution is 0.0607. The number of fused-ring (bicyclic) bond motifs is 3. The van der Waals surface area contributed by atoms with Gasteiger partial charge in [-0.05, 0) is 30.5 Å². The summed E-state index contributed by atoms with van der Waals surface area (Å²) in [6.07, 6.45) is 6.01. The lowest BCUT2D eigenvalue weighted by Gasteiger charge is -2.49. The molecule has 1 aromatic carbocycles. The summed E-state index contributed by atoms with van der Waals surface area (Å²) in [6, 6.07) is 15.3. The van der Waals surface area contributed by atoms with E-state index in [1.807, 2.05) is 12.1 Å². The highest BCUT2D eigenvalue weighted by Gasteiger charge is 2.50. The largest absolute Gasteiger partial charge is 0.347 e. The predicted octanol–water partition coefficient (Wildman–Crippen LogP) is 2.76. The molecule has 5 heteroatoms. The molecule has 2 aromatic rings. The molecule has 1 amide bonds. The van der Waals surface area contributed by atoms with Crippen LogP contribution in [0.15, 0.2) is 48.7 Å². The van der Waals surface area contributed by atoms with Crippen LogP contribution in [0.4, 0.5) is 5.82 Å². The predicted molar refractivity (Wildman–Crippen MR) is 96.1 cm³/mol. The van der Waals surface area contributed by atoms with Gasteiger partial charge in [0.25, 0.3) is 5.91 Å². The number of hydrogen-bond acceptors (Lipinski definition) is 4. The van der Waals surface area contributed by atoms with Crippen molar-refractivity contribution in [1.29, 1.82) is 0 Å². The van der Waals surface area contributed by atoms with Gasteiger partial charge in [-0.1, -0.05) is 30.3 Å². The number of pyridine rings is 1. The highest BCUT2D eigenvalue weighted by Crippen LogP contribution is 2.43. The average molecular weight is 334 g/mol. The van der Waals surface area contributed by atoms with Crippen molar-refractivity contribution >= 4 is 11.7 Å². The van der Waals surface area contributed by atoms with Crippen LogP contribution in [-0.2, 0) is 6.54 Å². The molecule has 2 saturated heterocycles. The highest BCUT2D eigenvalue weighted by atomic mass is 16.2. The molecular formula is C20H22N4O. The van der Waals surface area contributed by atoms with E-state index in [0.717, 1.165) is 25.2 Å². The van der Waals surface area contributed by atoms with Crippen molar-refractivity contribution < 1.29 is 4.79 Å². The highest BCUT2D eigenvalue weighted by molar-refractivity contribution is 6.01. The zero-order valence-corrected chi connectivity index (χ0v) is 14.1. The van der Waals surface area contributed by atoms with E-state index in [1.165, 1.54) is 18.4 Å². The van der Waals surface area contributed by atoms with Crippen LogP contribution in [0.2, 0.25) is 0 Å². The number of rotatable bonds is 2. The standard InChI is InChI=1S/C20H22N4O/c25-19-17-7-4-10-21-18(17)22-20(23-19)11-15-8-9-16(12-20)24(15)13-14-5-2-1-3-6-14/h1-7,10,15-16H,8-9,11-13H2,(H,21,22)(H,23,25)/t15-,16-/m0/s1. The van der Waals surface area contributed by atoms with Gasteiger partial charge < -0.3 is 10.6 Å². The molecule has 2 bridgehead atoms. The minimum absolute atomic E-state index is 0.00207. The summed E-state index contributed by atoms with van der Waals surface area (Å²) in [5, 5.41) is 6.81. The van der Waals surface area contributed by atoms with Gasteiger partial charge in [-0.2, -0.15) is 0 Å². The first-order chi connectivity index (χ1) is 12.2. The molecule has 2 fully saturated rings. The molecule has 0 saturated carbocycles. The number of nitrogens with one attached hydrogen (secondary N) is 2. The molecule has 1 aromatic heterocycles. The lowest BCUT2D eigenvalue weighted by Crippen LogP contribution is -2.65. The first kappa shape index (κ1) is 14.9. The molecule has 128 valence electrons. The molecule has 5 nitrogen and oxygen atoms in total. The van der Waals surface area contributed by atoms with Crippen LogP contribution in [0.25, 0.3) is 0 Å². The Bertz CT molecular complexity index is 792. The van der Waals surface area contributed by atoms with Crippen LogP contribution in [0, 0.1) is 0 Å². The zero-order chi connectivity index (χ0) is 16.9. The molecule has 5 rings (SSSR count). The Balaban J connectivity index is 1.39. The second-order valence-corrected chi connectivity index (χ2v) is 7.51. The summed E-state index contributed by atoms with van der Waals surface area (Å²) >= 11 is 0. The molecule has 0 radical (unpaired) electrons. The number of benzene rings is 1. The van der Waals surface area contributed by atoms with Crippen LogP contribution in [0.3, 0.4) is 0 Å². The maximum Gasteiger partial charge on any atom is 0.256 e. The Morgan fingerprint density at radius 1 is 1.04 bits per heavy atom. The Morgan fingerprint density at radius 2 is 1.80 bits per heavy atom. The molecule has 25 heavy (non-hydrogen) atoms. The number of carbonyl (C=O) groups excluding carboxylic acids is 1. The fourth-order valence-corrected chi connectivity index (χ4v) is 4.83. The number of aromatic nitrogens is 1. The summed E-state index contributed by atoms with van der Waals surface area (Å²) in [7, 11) is 0. The van der Waals surface area contributed by atoms with Gasteiger partial charge in [0.1, 0.15) is 11.5 Å². The molecular weight excluding hydrogens is 312 g/mol. The molecule has 0 unspecified atom stereocenters. The van der Waals surface area contributed by atoms with E-state index in [-0.39, 0.29) is 11.6 Å². The molecule has 3 aliphatic heterocycles. The first-order valence-electron chi connectivity index (χ1n) is 9.08. The monoisotopic (exact) mass is 334 g/mol. The fraction of sp³-hybridized carbons (Fsp3) is 0.400. The van der Waals surface area contributed by atoms with Gasteiger partial charge in [0.2, 0.25) is 0 Å². The van der Waals surface area contributed by atoms with Crippen molar-refractivity contribution in [3.8, 4) is 0 Å². The summed E-state index contributed by atoms with van der Waals surface area (Å²) in [6.45, 7) is 0.995. The fourth-order valence-electron chi connectivity index (χ4n) is 4.83. The molecule has 2 atom stereocenters. The van der Waals surface area contributed by atoms with E-state index in [0.29, 0.717) is 17.6 Å². The van der Waals surface area contributed by atoms with Crippen molar-refractivity contribution in [2.24, 2.45) is 0 Å². The van der Waals surface area contributed by atoms with Gasteiger partial charge >= 0.3 is 0 Å². The van der Waals surface area contributed by atoms with Crippen molar-refractivity contribution in [1.82, 2.24) is 15.2 Å². The lowest BCUT2D eigenvalue weighted by atomic mass is 9.88. The summed E-state index contributed by atoms with van der Waals surface area (Å²) in [5.41, 5.74) is 1.66. The van der Waals surface area contributed by atoms with Gasteiger partial charge in [-0.15, -0.1) is 0 Å². The number of piperidine rings is 1. The third-order valence-electron chi connectivity index (χ3n) is 5.91. The minimum Gasteiger partial charge on any atom is -0.347 e. The van der Waals surface area contributed by atoms with Gasteiger partial charge in [-0.3, -0.25) is 9.69 Å². The van der Waals surface area contributed by atoms with Crippen LogP contribution >= 0.6 is 0 Å². The SMILES string of the molecule is O=C1NC2(C[C@@H]3CC[C@@H](C2)N3Cc2ccccc2)Nc2ncccc21. The summed E-state index contributed by atoms with van der Waals surface area (Å²) < 4.78 is 0. The minimum atomic E-state index is -0.350. The van der Waals surface area contributed by atoms with E-state index in [4.69, 9.17) is 0 Å². The number of hydrogen-bond donors (Lipinski definition) is 2. The molecule has 0 aliphatic carbocycles. The van der Waals surface area contributed by atoms with Crippen molar-refractivity contribution in [2.45, 2.75) is 50.0 Å². The van der Waals surface area contributed by atoms with Gasteiger partial charge in [0.05, 0.1) is 5.56 Å². The zero-order valence-electron chi connectivity index (χ0n) is 14.1. The average Bonchev–Trinajstić information content (AvgIpc) is 2.87. The van der Waals surface area contributed by atoms with Crippen molar-refractivity contribution in [2.75, 3.05) is 5.32 Å². The van der Waals surface area contributed by atoms with Gasteiger partial charge in [0, 0.05) is 37.7 Å². The number of anilines is 1. The Morgan fingerprint density at radius 3 is 2.56 bits per heavy atom. The summed E-state index contributed by atoms with van der Waals surface area (Å²) in [4.78, 5) is 19.6. The number of carbonyl (C=O) groups is 1. The summed E-state index contributed by atoms with van der Waals surface area (Å²) in [5.74, 6) is 0.722. The first-order valence-corrected chi connectivity index (χ1v) is 9.08. The number of amides is 1. The molecule has 4 heterocycles. The maximum absolute atomic E-state index is 12.6. The van der Waals surface area contributed by atoms with Gasteiger partial charge in [0.15, 0.2) is 0 Å². The topological polar surface area (TPSA) is 57.3 Å². The van der Waals surface area contributed by atoms with E-state index in [9.17, 15) is 4.79 Å². The Kier molecular flexibility index (Phi) is 3.31. The van der Waals surface area contributed by atoms with Crippen LogP contribution in [-0.4, -0.2) is 33.5 Å². The van der Waals surface area contributed by atoms with E-state index >= 15 is 0 Å². The van der Waals surface area contributed by atoms with E-state index in [1.54, 1.807) is 6.20 Å². The number of nitrogens with zero attached hydrogens (tertiary/aromatic N) is 2. The molecule has 3 aliphatic rings. The maximum atomic E-state index is 12.6.